The van der Waals surface area contributed by atoms with E-state index in [2.05, 4.69) is 10.3 Å². The normalized spacial score (nSPS) is 12.5. The summed E-state index contributed by atoms with van der Waals surface area (Å²) in [5, 5.41) is 12.7. The van der Waals surface area contributed by atoms with Crippen LogP contribution in [0.4, 0.5) is 5.82 Å². The molecule has 0 fully saturated rings. The molecule has 72 valence electrons. The van der Waals surface area contributed by atoms with E-state index >= 15 is 0 Å². The Bertz CT molecular complexity index is 268. The van der Waals surface area contributed by atoms with E-state index in [-0.39, 0.29) is 6.10 Å². The Balaban J connectivity index is 2.45. The fraction of sp³-hybridized carbons (Fsp3) is 0.444. The predicted molar refractivity (Wildman–Crippen MR) is 54.0 cm³/mol. The van der Waals surface area contributed by atoms with Gasteiger partial charge in [-0.05, 0) is 18.6 Å². The maximum absolute atomic E-state index is 9.27. The van der Waals surface area contributed by atoms with Gasteiger partial charge in [0.2, 0.25) is 0 Å². The van der Waals surface area contributed by atoms with Crippen LogP contribution in [0.25, 0.3) is 0 Å². The highest BCUT2D eigenvalue weighted by Gasteiger charge is 2.00. The summed E-state index contributed by atoms with van der Waals surface area (Å²) in [4.78, 5) is 4.02. The van der Waals surface area contributed by atoms with E-state index < -0.39 is 0 Å². The molecule has 0 bridgehead atoms. The van der Waals surface area contributed by atoms with Gasteiger partial charge in [-0.1, -0.05) is 24.6 Å². The molecule has 0 spiro atoms. The Labute approximate surface area is 82.8 Å². The van der Waals surface area contributed by atoms with Crippen LogP contribution in [0.3, 0.4) is 0 Å². The fourth-order valence-corrected chi connectivity index (χ4v) is 1.04. The van der Waals surface area contributed by atoms with E-state index in [1.807, 2.05) is 19.1 Å². The molecule has 1 heterocycles. The monoisotopic (exact) mass is 200 g/mol. The third-order valence-corrected chi connectivity index (χ3v) is 1.92. The van der Waals surface area contributed by atoms with Gasteiger partial charge < -0.3 is 10.4 Å². The van der Waals surface area contributed by atoms with Gasteiger partial charge in [0.25, 0.3) is 0 Å². The van der Waals surface area contributed by atoms with Gasteiger partial charge in [0, 0.05) is 6.54 Å². The average molecular weight is 201 g/mol. The minimum Gasteiger partial charge on any atom is -0.391 e. The average Bonchev–Trinajstić information content (AvgIpc) is 2.14. The van der Waals surface area contributed by atoms with Gasteiger partial charge in [0.05, 0.1) is 6.10 Å². The number of halogens is 1. The molecule has 0 aliphatic carbocycles. The van der Waals surface area contributed by atoms with Gasteiger partial charge in [0.1, 0.15) is 11.0 Å². The molecule has 1 aromatic heterocycles. The largest absolute Gasteiger partial charge is 0.391 e. The van der Waals surface area contributed by atoms with Crippen molar-refractivity contribution in [3.8, 4) is 0 Å². The molecular weight excluding hydrogens is 188 g/mol. The van der Waals surface area contributed by atoms with Crippen molar-refractivity contribution in [3.63, 3.8) is 0 Å². The van der Waals surface area contributed by atoms with Crippen LogP contribution < -0.4 is 5.32 Å². The highest BCUT2D eigenvalue weighted by molar-refractivity contribution is 6.29. The van der Waals surface area contributed by atoms with Crippen molar-refractivity contribution in [1.82, 2.24) is 4.98 Å². The highest BCUT2D eigenvalue weighted by atomic mass is 35.5. The Kier molecular flexibility index (Phi) is 3.99. The molecule has 1 atom stereocenters. The van der Waals surface area contributed by atoms with Gasteiger partial charge >= 0.3 is 0 Å². The van der Waals surface area contributed by atoms with Crippen molar-refractivity contribution in [2.45, 2.75) is 19.4 Å². The second-order valence-electron chi connectivity index (χ2n) is 2.79. The number of aliphatic hydroxyl groups excluding tert-OH is 1. The minimum absolute atomic E-state index is 0.333. The molecule has 1 rings (SSSR count). The van der Waals surface area contributed by atoms with Crippen LogP contribution >= 0.6 is 11.6 Å². The summed E-state index contributed by atoms with van der Waals surface area (Å²) < 4.78 is 0. The van der Waals surface area contributed by atoms with Crippen molar-refractivity contribution in [2.24, 2.45) is 0 Å². The topological polar surface area (TPSA) is 45.1 Å². The lowest BCUT2D eigenvalue weighted by Gasteiger charge is -2.09. The second kappa shape index (κ2) is 5.04. The zero-order valence-electron chi connectivity index (χ0n) is 7.50. The summed E-state index contributed by atoms with van der Waals surface area (Å²) in [5.74, 6) is 0.694. The van der Waals surface area contributed by atoms with Crippen LogP contribution in [0, 0.1) is 0 Å². The van der Waals surface area contributed by atoms with E-state index in [1.165, 1.54) is 0 Å². The van der Waals surface area contributed by atoms with E-state index in [1.54, 1.807) is 6.07 Å². The molecule has 0 amide bonds. The smallest absolute Gasteiger partial charge is 0.131 e. The van der Waals surface area contributed by atoms with E-state index in [4.69, 9.17) is 11.6 Å². The number of nitrogens with zero attached hydrogens (tertiary/aromatic N) is 1. The lowest BCUT2D eigenvalue weighted by molar-refractivity contribution is 0.183. The second-order valence-corrected chi connectivity index (χ2v) is 3.18. The predicted octanol–water partition coefficient (Wildman–Crippen LogP) is 1.92. The standard InChI is InChI=1S/C9H13ClN2O/c1-2-7(13)6-11-9-5-3-4-8(10)12-9/h3-5,7,13H,2,6H2,1H3,(H,11,12)/t7-/m0/s1. The minimum atomic E-state index is -0.333. The SMILES string of the molecule is CC[C@H](O)CNc1cccc(Cl)n1. The summed E-state index contributed by atoms with van der Waals surface area (Å²) in [7, 11) is 0. The first-order chi connectivity index (χ1) is 6.22. The van der Waals surface area contributed by atoms with Crippen LogP contribution in [0.5, 0.6) is 0 Å². The molecule has 0 unspecified atom stereocenters. The first-order valence-corrected chi connectivity index (χ1v) is 4.64. The number of anilines is 1. The quantitative estimate of drug-likeness (QED) is 0.730. The first-order valence-electron chi connectivity index (χ1n) is 4.27. The van der Waals surface area contributed by atoms with Crippen LogP contribution in [-0.2, 0) is 0 Å². The van der Waals surface area contributed by atoms with Gasteiger partial charge in [0.15, 0.2) is 0 Å². The van der Waals surface area contributed by atoms with Crippen molar-refractivity contribution in [1.29, 1.82) is 0 Å². The number of pyridine rings is 1. The van der Waals surface area contributed by atoms with Crippen LogP contribution in [0.15, 0.2) is 18.2 Å². The Morgan fingerprint density at radius 2 is 2.38 bits per heavy atom. The molecule has 0 saturated heterocycles. The third kappa shape index (κ3) is 3.61. The molecule has 3 nitrogen and oxygen atoms in total. The number of aromatic nitrogens is 1. The molecule has 4 heteroatoms. The number of hydrogen-bond donors (Lipinski definition) is 2. The summed E-state index contributed by atoms with van der Waals surface area (Å²) in [5.41, 5.74) is 0. The molecule has 0 aromatic carbocycles. The third-order valence-electron chi connectivity index (χ3n) is 1.71. The molecule has 0 radical (unpaired) electrons. The number of aliphatic hydroxyl groups is 1. The molecule has 13 heavy (non-hydrogen) atoms. The van der Waals surface area contributed by atoms with Gasteiger partial charge in [-0.25, -0.2) is 4.98 Å². The van der Waals surface area contributed by atoms with Crippen molar-refractivity contribution in [2.75, 3.05) is 11.9 Å². The van der Waals surface area contributed by atoms with Crippen LogP contribution in [0.1, 0.15) is 13.3 Å². The molecule has 0 aliphatic heterocycles. The Hall–Kier alpha value is -0.800. The maximum atomic E-state index is 9.27. The van der Waals surface area contributed by atoms with Gasteiger partial charge in [-0.3, -0.25) is 0 Å². The number of rotatable bonds is 4. The molecular formula is C9H13ClN2O. The van der Waals surface area contributed by atoms with Crippen LogP contribution in [0.2, 0.25) is 5.15 Å². The van der Waals surface area contributed by atoms with Crippen LogP contribution in [-0.4, -0.2) is 22.7 Å². The summed E-state index contributed by atoms with van der Waals surface area (Å²) in [6, 6.07) is 5.34. The van der Waals surface area contributed by atoms with Gasteiger partial charge in [-0.2, -0.15) is 0 Å². The number of hydrogen-bond acceptors (Lipinski definition) is 3. The molecule has 0 saturated carbocycles. The summed E-state index contributed by atoms with van der Waals surface area (Å²) >= 11 is 5.68. The zero-order chi connectivity index (χ0) is 9.68. The highest BCUT2D eigenvalue weighted by Crippen LogP contribution is 2.08. The van der Waals surface area contributed by atoms with Crippen molar-refractivity contribution < 1.29 is 5.11 Å². The van der Waals surface area contributed by atoms with Crippen molar-refractivity contribution in [3.05, 3.63) is 23.4 Å². The Morgan fingerprint density at radius 1 is 1.62 bits per heavy atom. The van der Waals surface area contributed by atoms with E-state index in [9.17, 15) is 5.11 Å². The molecule has 1 aromatic rings. The lowest BCUT2D eigenvalue weighted by atomic mass is 10.3. The zero-order valence-corrected chi connectivity index (χ0v) is 8.25. The molecule has 0 aliphatic rings. The summed E-state index contributed by atoms with van der Waals surface area (Å²) in [6.07, 6.45) is 0.397. The Morgan fingerprint density at radius 3 is 3.00 bits per heavy atom. The van der Waals surface area contributed by atoms with E-state index in [0.717, 1.165) is 6.42 Å². The maximum Gasteiger partial charge on any atom is 0.131 e. The molecule has 2 N–H and O–H groups in total. The lowest BCUT2D eigenvalue weighted by Crippen LogP contribution is -2.18. The first kappa shape index (κ1) is 10.3. The van der Waals surface area contributed by atoms with E-state index in [0.29, 0.717) is 17.5 Å². The van der Waals surface area contributed by atoms with Gasteiger partial charge in [-0.15, -0.1) is 0 Å². The number of nitrogens with one attached hydrogen (secondary N) is 1. The summed E-state index contributed by atoms with van der Waals surface area (Å²) in [6.45, 7) is 2.43. The van der Waals surface area contributed by atoms with Crippen molar-refractivity contribution >= 4 is 17.4 Å². The fourth-order valence-electron chi connectivity index (χ4n) is 0.873.